The third kappa shape index (κ3) is 3.84. The lowest BCUT2D eigenvalue weighted by molar-refractivity contribution is 0.180. The fourth-order valence-electron chi connectivity index (χ4n) is 3.67. The van der Waals surface area contributed by atoms with E-state index in [1.165, 1.54) is 16.0 Å². The number of rotatable bonds is 5. The zero-order valence-electron chi connectivity index (χ0n) is 15.1. The summed E-state index contributed by atoms with van der Waals surface area (Å²) in [5.41, 5.74) is 2.54. The molecule has 1 saturated heterocycles. The molecule has 1 aliphatic heterocycles. The second-order valence-corrected chi connectivity index (χ2v) is 7.63. The molecule has 3 aromatic rings. The summed E-state index contributed by atoms with van der Waals surface area (Å²) in [4.78, 5) is 12.6. The van der Waals surface area contributed by atoms with Crippen LogP contribution in [0.5, 0.6) is 0 Å². The Morgan fingerprint density at radius 3 is 2.42 bits per heavy atom. The van der Waals surface area contributed by atoms with E-state index in [0.29, 0.717) is 6.04 Å². The number of hydrogen-bond acceptors (Lipinski definition) is 4. The lowest BCUT2D eigenvalue weighted by Gasteiger charge is -2.33. The summed E-state index contributed by atoms with van der Waals surface area (Å²) in [7, 11) is 0. The maximum Gasteiger partial charge on any atom is 0.140 e. The second kappa shape index (κ2) is 8.06. The van der Waals surface area contributed by atoms with E-state index in [4.69, 9.17) is 0 Å². The van der Waals surface area contributed by atoms with Crippen LogP contribution in [0.3, 0.4) is 0 Å². The lowest BCUT2D eigenvalue weighted by Crippen LogP contribution is -2.34. The highest BCUT2D eigenvalue weighted by atomic mass is 32.2. The van der Waals surface area contributed by atoms with Gasteiger partial charge < -0.3 is 4.57 Å². The van der Waals surface area contributed by atoms with Crippen LogP contribution in [-0.2, 0) is 6.54 Å². The summed E-state index contributed by atoms with van der Waals surface area (Å²) >= 11 is 1.77. The van der Waals surface area contributed by atoms with E-state index >= 15 is 0 Å². The Labute approximate surface area is 159 Å². The van der Waals surface area contributed by atoms with Crippen LogP contribution >= 0.6 is 11.8 Å². The molecule has 0 spiro atoms. The highest BCUT2D eigenvalue weighted by Gasteiger charge is 2.22. The van der Waals surface area contributed by atoms with Crippen LogP contribution in [0.1, 0.15) is 24.4 Å². The molecule has 26 heavy (non-hydrogen) atoms. The molecule has 0 bridgehead atoms. The Morgan fingerprint density at radius 2 is 1.73 bits per heavy atom. The van der Waals surface area contributed by atoms with E-state index in [1.54, 1.807) is 11.8 Å². The van der Waals surface area contributed by atoms with Gasteiger partial charge in [0, 0.05) is 60.9 Å². The van der Waals surface area contributed by atoms with Gasteiger partial charge in [0.15, 0.2) is 0 Å². The van der Waals surface area contributed by atoms with Crippen molar-refractivity contribution in [3.8, 4) is 11.4 Å². The molecule has 0 unspecified atom stereocenters. The SMILES string of the molecule is CSc1ccc(-c2nccn2C2CCN(Cc3ccncc3)CC2)cc1. The molecule has 1 aliphatic rings. The number of nitrogens with zero attached hydrogens (tertiary/aromatic N) is 4. The Bertz CT molecular complexity index is 821. The van der Waals surface area contributed by atoms with Gasteiger partial charge in [0.2, 0.25) is 0 Å². The Balaban J connectivity index is 1.43. The minimum Gasteiger partial charge on any atom is -0.328 e. The van der Waals surface area contributed by atoms with Gasteiger partial charge in [-0.05, 0) is 48.9 Å². The van der Waals surface area contributed by atoms with Gasteiger partial charge in [-0.25, -0.2) is 4.98 Å². The van der Waals surface area contributed by atoms with Crippen LogP contribution in [0.4, 0.5) is 0 Å². The van der Waals surface area contributed by atoms with Gasteiger partial charge in [-0.2, -0.15) is 0 Å². The molecule has 0 atom stereocenters. The van der Waals surface area contributed by atoms with Gasteiger partial charge in [0.1, 0.15) is 5.82 Å². The largest absolute Gasteiger partial charge is 0.328 e. The number of benzene rings is 1. The summed E-state index contributed by atoms with van der Waals surface area (Å²) in [6, 6.07) is 13.5. The fraction of sp³-hybridized carbons (Fsp3) is 0.333. The Morgan fingerprint density at radius 1 is 1.00 bits per heavy atom. The van der Waals surface area contributed by atoms with Crippen LogP contribution in [0.25, 0.3) is 11.4 Å². The van der Waals surface area contributed by atoms with Gasteiger partial charge in [-0.15, -0.1) is 11.8 Å². The minimum absolute atomic E-state index is 0.529. The molecule has 0 amide bonds. The molecular weight excluding hydrogens is 340 g/mol. The molecule has 0 radical (unpaired) electrons. The highest BCUT2D eigenvalue weighted by Crippen LogP contribution is 2.29. The number of likely N-dealkylation sites (tertiary alicyclic amines) is 1. The monoisotopic (exact) mass is 364 g/mol. The van der Waals surface area contributed by atoms with E-state index in [1.807, 2.05) is 18.6 Å². The zero-order chi connectivity index (χ0) is 17.8. The molecular formula is C21H24N4S. The van der Waals surface area contributed by atoms with Crippen LogP contribution in [-0.4, -0.2) is 38.8 Å². The van der Waals surface area contributed by atoms with E-state index in [0.717, 1.165) is 38.3 Å². The molecule has 5 heteroatoms. The van der Waals surface area contributed by atoms with Crippen LogP contribution in [0.2, 0.25) is 0 Å². The highest BCUT2D eigenvalue weighted by molar-refractivity contribution is 7.98. The van der Waals surface area contributed by atoms with E-state index < -0.39 is 0 Å². The summed E-state index contributed by atoms with van der Waals surface area (Å²) in [6.45, 7) is 3.26. The van der Waals surface area contributed by atoms with Crippen molar-refractivity contribution in [2.24, 2.45) is 0 Å². The summed E-state index contributed by atoms with van der Waals surface area (Å²) < 4.78 is 2.37. The quantitative estimate of drug-likeness (QED) is 0.624. The topological polar surface area (TPSA) is 34.0 Å². The third-order valence-electron chi connectivity index (χ3n) is 5.12. The molecule has 4 nitrogen and oxygen atoms in total. The summed E-state index contributed by atoms with van der Waals surface area (Å²) in [5.74, 6) is 1.09. The predicted octanol–water partition coefficient (Wildman–Crippen LogP) is 4.50. The molecule has 0 saturated carbocycles. The standard InChI is InChI=1S/C21H24N4S/c1-26-20-4-2-18(3-5-20)21-23-12-15-25(21)19-8-13-24(14-9-19)16-17-6-10-22-11-7-17/h2-7,10-12,15,19H,8-9,13-14,16H2,1H3. The maximum atomic E-state index is 4.64. The first-order valence-corrected chi connectivity index (χ1v) is 10.3. The number of imidazole rings is 1. The number of piperidine rings is 1. The van der Waals surface area contributed by atoms with Crippen LogP contribution in [0, 0.1) is 0 Å². The first-order valence-electron chi connectivity index (χ1n) is 9.12. The van der Waals surface area contributed by atoms with Crippen molar-refractivity contribution in [1.29, 1.82) is 0 Å². The van der Waals surface area contributed by atoms with Crippen molar-refractivity contribution in [1.82, 2.24) is 19.4 Å². The summed E-state index contributed by atoms with van der Waals surface area (Å²) in [6.07, 6.45) is 12.3. The molecule has 0 aliphatic carbocycles. The normalized spacial score (nSPS) is 16.0. The second-order valence-electron chi connectivity index (χ2n) is 6.75. The molecule has 1 fully saturated rings. The Kier molecular flexibility index (Phi) is 5.37. The number of thioether (sulfide) groups is 1. The van der Waals surface area contributed by atoms with E-state index in [2.05, 4.69) is 68.3 Å². The van der Waals surface area contributed by atoms with Gasteiger partial charge in [-0.3, -0.25) is 9.88 Å². The Hall–Kier alpha value is -2.11. The summed E-state index contributed by atoms with van der Waals surface area (Å²) in [5, 5.41) is 0. The first kappa shape index (κ1) is 17.3. The van der Waals surface area contributed by atoms with Gasteiger partial charge in [0.25, 0.3) is 0 Å². The molecule has 1 aromatic carbocycles. The zero-order valence-corrected chi connectivity index (χ0v) is 15.9. The van der Waals surface area contributed by atoms with Crippen molar-refractivity contribution < 1.29 is 0 Å². The van der Waals surface area contributed by atoms with Gasteiger partial charge in [0.05, 0.1) is 0 Å². The maximum absolute atomic E-state index is 4.64. The molecule has 3 heterocycles. The number of pyridine rings is 1. The molecule has 134 valence electrons. The average molecular weight is 365 g/mol. The predicted molar refractivity (Wildman–Crippen MR) is 107 cm³/mol. The van der Waals surface area contributed by atoms with Gasteiger partial charge in [-0.1, -0.05) is 12.1 Å². The van der Waals surface area contributed by atoms with Crippen LogP contribution in [0.15, 0.2) is 66.1 Å². The third-order valence-corrected chi connectivity index (χ3v) is 5.87. The van der Waals surface area contributed by atoms with Crippen LogP contribution < -0.4 is 0 Å². The smallest absolute Gasteiger partial charge is 0.140 e. The average Bonchev–Trinajstić information content (AvgIpc) is 3.19. The fourth-order valence-corrected chi connectivity index (χ4v) is 4.08. The minimum atomic E-state index is 0.529. The van der Waals surface area contributed by atoms with Crippen molar-refractivity contribution in [3.05, 3.63) is 66.7 Å². The van der Waals surface area contributed by atoms with E-state index in [-0.39, 0.29) is 0 Å². The number of hydrogen-bond donors (Lipinski definition) is 0. The van der Waals surface area contributed by atoms with Gasteiger partial charge >= 0.3 is 0 Å². The number of aromatic nitrogens is 3. The van der Waals surface area contributed by atoms with Crippen molar-refractivity contribution in [3.63, 3.8) is 0 Å². The molecule has 0 N–H and O–H groups in total. The molecule has 4 rings (SSSR count). The van der Waals surface area contributed by atoms with Crippen molar-refractivity contribution >= 4 is 11.8 Å². The molecule has 2 aromatic heterocycles. The van der Waals surface area contributed by atoms with E-state index in [9.17, 15) is 0 Å². The van der Waals surface area contributed by atoms with Crippen molar-refractivity contribution in [2.45, 2.75) is 30.3 Å². The van der Waals surface area contributed by atoms with Crippen molar-refractivity contribution in [2.75, 3.05) is 19.3 Å². The first-order chi connectivity index (χ1) is 12.8. The lowest BCUT2D eigenvalue weighted by atomic mass is 10.0.